The molecule has 0 aliphatic rings. The molecule has 0 radical (unpaired) electrons. The predicted molar refractivity (Wildman–Crippen MR) is 110 cm³/mol. The number of carbonyl (C=O) groups excluding carboxylic acids is 3. The first-order chi connectivity index (χ1) is 13.8. The van der Waals surface area contributed by atoms with Crippen LogP contribution in [0.25, 0.3) is 0 Å². The minimum atomic E-state index is -0.763. The summed E-state index contributed by atoms with van der Waals surface area (Å²) < 4.78 is 5.23. The highest BCUT2D eigenvalue weighted by Crippen LogP contribution is 2.27. The van der Waals surface area contributed by atoms with Crippen molar-refractivity contribution in [3.63, 3.8) is 0 Å². The van der Waals surface area contributed by atoms with Crippen molar-refractivity contribution in [2.75, 3.05) is 33.1 Å². The molecule has 9 heteroatoms. The Kier molecular flexibility index (Phi) is 7.99. The smallest absolute Gasteiger partial charge is 0.321 e. The van der Waals surface area contributed by atoms with Gasteiger partial charge in [0.2, 0.25) is 0 Å². The Labute approximate surface area is 174 Å². The van der Waals surface area contributed by atoms with Gasteiger partial charge in [0, 0.05) is 17.6 Å². The Morgan fingerprint density at radius 1 is 1.14 bits per heavy atom. The molecule has 2 rings (SSSR count). The molecule has 2 aromatic rings. The van der Waals surface area contributed by atoms with E-state index in [0.717, 1.165) is 0 Å². The minimum Gasteiger partial charge on any atom is -0.495 e. The minimum absolute atomic E-state index is 0.0314. The molecule has 0 fully saturated rings. The second-order valence-electron chi connectivity index (χ2n) is 6.33. The Hall–Kier alpha value is -3.10. The summed E-state index contributed by atoms with van der Waals surface area (Å²) in [5.74, 6) is -0.379. The lowest BCUT2D eigenvalue weighted by atomic mass is 10.0. The third kappa shape index (κ3) is 6.20. The Bertz CT molecular complexity index is 876. The third-order valence-corrected chi connectivity index (χ3v) is 4.46. The first kappa shape index (κ1) is 22.2. The number of hydrogen-bond acceptors (Lipinski definition) is 4. The van der Waals surface area contributed by atoms with Crippen molar-refractivity contribution in [3.8, 4) is 5.75 Å². The summed E-state index contributed by atoms with van der Waals surface area (Å²) in [5, 5.41) is 7.83. The molecule has 0 heterocycles. The van der Waals surface area contributed by atoms with Crippen LogP contribution >= 0.6 is 11.6 Å². The molecule has 0 saturated carbocycles. The van der Waals surface area contributed by atoms with E-state index in [-0.39, 0.29) is 12.5 Å². The number of anilines is 1. The van der Waals surface area contributed by atoms with Gasteiger partial charge in [0.05, 0.1) is 19.8 Å². The van der Waals surface area contributed by atoms with Crippen LogP contribution in [0.4, 0.5) is 10.5 Å². The van der Waals surface area contributed by atoms with Crippen LogP contribution in [0.5, 0.6) is 5.75 Å². The number of rotatable bonds is 7. The summed E-state index contributed by atoms with van der Waals surface area (Å²) in [4.78, 5) is 37.4. The fourth-order valence-electron chi connectivity index (χ4n) is 2.88. The van der Waals surface area contributed by atoms with E-state index >= 15 is 0 Å². The number of urea groups is 1. The van der Waals surface area contributed by atoms with E-state index in [2.05, 4.69) is 16.0 Å². The lowest BCUT2D eigenvalue weighted by Crippen LogP contribution is -3.11. The van der Waals surface area contributed by atoms with Crippen LogP contribution in [-0.2, 0) is 9.59 Å². The molecule has 2 atom stereocenters. The lowest BCUT2D eigenvalue weighted by molar-refractivity contribution is -0.894. The van der Waals surface area contributed by atoms with E-state index in [0.29, 0.717) is 26.9 Å². The first-order valence-corrected chi connectivity index (χ1v) is 9.26. The summed E-state index contributed by atoms with van der Waals surface area (Å²) in [7, 11) is 4.61. The zero-order valence-electron chi connectivity index (χ0n) is 16.4. The molecule has 4 amide bonds. The molecule has 154 valence electrons. The van der Waals surface area contributed by atoms with Crippen LogP contribution in [0.2, 0.25) is 5.02 Å². The molecular weight excluding hydrogens is 396 g/mol. The highest BCUT2D eigenvalue weighted by Gasteiger charge is 2.31. The summed E-state index contributed by atoms with van der Waals surface area (Å²) in [6, 6.07) is 12.5. The molecule has 0 spiro atoms. The van der Waals surface area contributed by atoms with Gasteiger partial charge >= 0.3 is 6.03 Å². The second kappa shape index (κ2) is 10.4. The van der Waals surface area contributed by atoms with Crippen molar-refractivity contribution in [3.05, 3.63) is 59.1 Å². The number of benzene rings is 2. The average molecular weight is 420 g/mol. The van der Waals surface area contributed by atoms with Crippen molar-refractivity contribution in [1.29, 1.82) is 0 Å². The Balaban J connectivity index is 2.17. The highest BCUT2D eigenvalue weighted by atomic mass is 35.5. The molecular formula is C20H24ClN4O4+. The largest absolute Gasteiger partial charge is 0.495 e. The van der Waals surface area contributed by atoms with Crippen LogP contribution in [0, 0.1) is 0 Å². The molecule has 0 aliphatic carbocycles. The summed E-state index contributed by atoms with van der Waals surface area (Å²) >= 11 is 5.99. The van der Waals surface area contributed by atoms with Crippen LogP contribution in [0.15, 0.2) is 48.5 Å². The quantitative estimate of drug-likeness (QED) is 0.537. The standard InChI is InChI=1S/C20H23ClN4O4/c1-22-20(28)24-19(27)18(13-7-5-4-6-8-13)25(2)12-17(26)23-15-11-14(21)9-10-16(15)29-3/h4-11,18H,12H2,1-3H3,(H,23,26)(H2,22,24,27,28)/p+1/t18-/m1/s1. The monoisotopic (exact) mass is 419 g/mol. The molecule has 1 unspecified atom stereocenters. The maximum atomic E-state index is 12.7. The van der Waals surface area contributed by atoms with E-state index in [1.807, 2.05) is 6.07 Å². The molecule has 4 N–H and O–H groups in total. The predicted octanol–water partition coefficient (Wildman–Crippen LogP) is 0.999. The number of quaternary nitrogens is 1. The molecule has 2 aromatic carbocycles. The number of methoxy groups -OCH3 is 1. The van der Waals surface area contributed by atoms with Crippen LogP contribution in [-0.4, -0.2) is 45.6 Å². The SMILES string of the molecule is CNC(=O)NC(=O)[C@@H](c1ccccc1)[NH+](C)CC(=O)Nc1cc(Cl)ccc1OC. The lowest BCUT2D eigenvalue weighted by Gasteiger charge is -2.24. The van der Waals surface area contributed by atoms with E-state index in [4.69, 9.17) is 16.3 Å². The molecule has 0 aliphatic heterocycles. The number of carbonyl (C=O) groups is 3. The number of imide groups is 1. The number of hydrogen-bond donors (Lipinski definition) is 4. The maximum absolute atomic E-state index is 12.7. The van der Waals surface area contributed by atoms with E-state index < -0.39 is 18.0 Å². The zero-order valence-corrected chi connectivity index (χ0v) is 17.2. The van der Waals surface area contributed by atoms with Gasteiger partial charge in [-0.2, -0.15) is 0 Å². The van der Waals surface area contributed by atoms with Crippen molar-refractivity contribution in [2.45, 2.75) is 6.04 Å². The van der Waals surface area contributed by atoms with Crippen molar-refractivity contribution in [1.82, 2.24) is 10.6 Å². The van der Waals surface area contributed by atoms with Gasteiger partial charge in [-0.15, -0.1) is 0 Å². The van der Waals surface area contributed by atoms with Gasteiger partial charge in [0.15, 0.2) is 12.6 Å². The number of nitrogens with one attached hydrogen (secondary N) is 4. The van der Waals surface area contributed by atoms with Gasteiger partial charge < -0.3 is 20.3 Å². The number of halogens is 1. The summed E-state index contributed by atoms with van der Waals surface area (Å²) in [5.41, 5.74) is 1.11. The van der Waals surface area contributed by atoms with Crippen molar-refractivity contribution >= 4 is 35.1 Å². The number of amides is 4. The highest BCUT2D eigenvalue weighted by molar-refractivity contribution is 6.31. The fourth-order valence-corrected chi connectivity index (χ4v) is 3.05. The van der Waals surface area contributed by atoms with Crippen LogP contribution in [0.3, 0.4) is 0 Å². The fraction of sp³-hybridized carbons (Fsp3) is 0.250. The average Bonchev–Trinajstić information content (AvgIpc) is 2.68. The third-order valence-electron chi connectivity index (χ3n) is 4.23. The molecule has 29 heavy (non-hydrogen) atoms. The van der Waals surface area contributed by atoms with Crippen molar-refractivity contribution < 1.29 is 24.0 Å². The molecule has 0 aromatic heterocycles. The van der Waals surface area contributed by atoms with Crippen molar-refractivity contribution in [2.24, 2.45) is 0 Å². The van der Waals surface area contributed by atoms with Gasteiger partial charge in [-0.25, -0.2) is 4.79 Å². The van der Waals surface area contributed by atoms with Gasteiger partial charge in [-0.3, -0.25) is 14.9 Å². The second-order valence-corrected chi connectivity index (χ2v) is 6.76. The summed E-state index contributed by atoms with van der Waals surface area (Å²) in [6.07, 6.45) is 0. The Morgan fingerprint density at radius 3 is 2.45 bits per heavy atom. The molecule has 0 saturated heterocycles. The van der Waals surface area contributed by atoms with Crippen LogP contribution in [0.1, 0.15) is 11.6 Å². The maximum Gasteiger partial charge on any atom is 0.321 e. The first-order valence-electron chi connectivity index (χ1n) is 8.89. The summed E-state index contributed by atoms with van der Waals surface area (Å²) in [6.45, 7) is -0.0314. The number of likely N-dealkylation sites (N-methyl/N-ethyl adjacent to an activating group) is 1. The van der Waals surface area contributed by atoms with E-state index in [9.17, 15) is 14.4 Å². The number of ether oxygens (including phenoxy) is 1. The molecule has 8 nitrogen and oxygen atoms in total. The van der Waals surface area contributed by atoms with Gasteiger partial charge in [-0.1, -0.05) is 41.9 Å². The van der Waals surface area contributed by atoms with Gasteiger partial charge in [0.1, 0.15) is 5.75 Å². The topological polar surface area (TPSA) is 101 Å². The van der Waals surface area contributed by atoms with Crippen LogP contribution < -0.4 is 25.6 Å². The molecule has 0 bridgehead atoms. The Morgan fingerprint density at radius 2 is 1.83 bits per heavy atom. The zero-order chi connectivity index (χ0) is 21.4. The van der Waals surface area contributed by atoms with E-state index in [1.165, 1.54) is 14.2 Å². The van der Waals surface area contributed by atoms with E-state index in [1.54, 1.807) is 49.5 Å². The van der Waals surface area contributed by atoms with Gasteiger partial charge in [-0.05, 0) is 18.2 Å². The normalized spacial score (nSPS) is 12.4. The van der Waals surface area contributed by atoms with Gasteiger partial charge in [0.25, 0.3) is 11.8 Å².